The third kappa shape index (κ3) is 2.94. The Labute approximate surface area is 169 Å². The maximum Gasteiger partial charge on any atom is 0.245 e. The number of benzene rings is 2. The molecule has 5 rings (SSSR count). The molecule has 2 atom stereocenters. The molecular weight excluding hydrogens is 388 g/mol. The normalized spacial score (nSPS) is 21.7. The van der Waals surface area contributed by atoms with Gasteiger partial charge in [0.2, 0.25) is 15.9 Å². The van der Waals surface area contributed by atoms with Crippen molar-refractivity contribution in [1.82, 2.24) is 19.8 Å². The van der Waals surface area contributed by atoms with E-state index in [1.165, 1.54) is 9.87 Å². The highest BCUT2D eigenvalue weighted by atomic mass is 32.2. The first-order valence-electron chi connectivity index (χ1n) is 9.79. The smallest absolute Gasteiger partial charge is 0.245 e. The van der Waals surface area contributed by atoms with Gasteiger partial charge in [-0.3, -0.25) is 9.89 Å². The van der Waals surface area contributed by atoms with E-state index in [1.54, 1.807) is 12.3 Å². The minimum Gasteiger partial charge on any atom is -0.348 e. The molecule has 7 nitrogen and oxygen atoms in total. The Bertz CT molecular complexity index is 1220. The summed E-state index contributed by atoms with van der Waals surface area (Å²) >= 11 is 0. The lowest BCUT2D eigenvalue weighted by atomic mass is 10.0. The maximum absolute atomic E-state index is 13.3. The molecule has 3 aromatic rings. The summed E-state index contributed by atoms with van der Waals surface area (Å²) < 4.78 is 28.0. The zero-order chi connectivity index (χ0) is 20.2. The molecule has 0 saturated carbocycles. The first-order chi connectivity index (χ1) is 13.9. The Kier molecular flexibility index (Phi) is 4.22. The number of rotatable bonds is 4. The van der Waals surface area contributed by atoms with E-state index < -0.39 is 16.1 Å². The van der Waals surface area contributed by atoms with E-state index in [2.05, 4.69) is 21.6 Å². The van der Waals surface area contributed by atoms with Crippen molar-refractivity contribution in [2.24, 2.45) is 0 Å². The second kappa shape index (κ2) is 6.67. The molecule has 2 aromatic carbocycles. The van der Waals surface area contributed by atoms with Crippen LogP contribution in [-0.4, -0.2) is 41.4 Å². The third-order valence-electron chi connectivity index (χ3n) is 5.97. The number of nitrogens with zero attached hydrogens (tertiary/aromatic N) is 2. The molecule has 1 fully saturated rings. The topological polar surface area (TPSA) is 95.2 Å². The van der Waals surface area contributed by atoms with Crippen molar-refractivity contribution in [3.05, 3.63) is 59.3 Å². The number of hydrogen-bond acceptors (Lipinski definition) is 4. The Morgan fingerprint density at radius 3 is 2.86 bits per heavy atom. The average molecular weight is 410 g/mol. The summed E-state index contributed by atoms with van der Waals surface area (Å²) in [6.07, 6.45) is 3.91. The number of sulfonamides is 1. The molecule has 1 unspecified atom stereocenters. The van der Waals surface area contributed by atoms with Crippen LogP contribution in [0.15, 0.2) is 47.5 Å². The third-order valence-corrected chi connectivity index (χ3v) is 7.90. The van der Waals surface area contributed by atoms with Crippen LogP contribution in [0.1, 0.15) is 35.6 Å². The first-order valence-corrected chi connectivity index (χ1v) is 11.2. The number of H-pyrrole nitrogens is 1. The van der Waals surface area contributed by atoms with Crippen LogP contribution in [0.3, 0.4) is 0 Å². The lowest BCUT2D eigenvalue weighted by Crippen LogP contribution is -2.58. The van der Waals surface area contributed by atoms with Gasteiger partial charge in [-0.1, -0.05) is 24.3 Å². The van der Waals surface area contributed by atoms with Crippen molar-refractivity contribution in [1.29, 1.82) is 0 Å². The van der Waals surface area contributed by atoms with Crippen LogP contribution in [0.4, 0.5) is 0 Å². The predicted octanol–water partition coefficient (Wildman–Crippen LogP) is 2.44. The summed E-state index contributed by atoms with van der Waals surface area (Å²) in [5.41, 5.74) is 3.69. The molecule has 1 aliphatic carbocycles. The van der Waals surface area contributed by atoms with Crippen LogP contribution in [0, 0.1) is 6.92 Å². The van der Waals surface area contributed by atoms with Gasteiger partial charge in [-0.15, -0.1) is 0 Å². The van der Waals surface area contributed by atoms with Gasteiger partial charge < -0.3 is 5.32 Å². The molecule has 2 N–H and O–H groups in total. The van der Waals surface area contributed by atoms with Crippen LogP contribution >= 0.6 is 0 Å². The van der Waals surface area contributed by atoms with Gasteiger partial charge in [0.1, 0.15) is 10.9 Å². The molecule has 2 heterocycles. The molecule has 29 heavy (non-hydrogen) atoms. The molecule has 0 spiro atoms. The zero-order valence-electron chi connectivity index (χ0n) is 16.1. The summed E-state index contributed by atoms with van der Waals surface area (Å²) in [6.45, 7) is 2.19. The summed E-state index contributed by atoms with van der Waals surface area (Å²) in [4.78, 5) is 13.1. The van der Waals surface area contributed by atoms with Crippen molar-refractivity contribution in [3.63, 3.8) is 0 Å². The van der Waals surface area contributed by atoms with Crippen molar-refractivity contribution >= 4 is 26.8 Å². The molecule has 1 saturated heterocycles. The van der Waals surface area contributed by atoms with E-state index in [4.69, 9.17) is 0 Å². The van der Waals surface area contributed by atoms with Gasteiger partial charge in [0, 0.05) is 11.9 Å². The second-order valence-electron chi connectivity index (χ2n) is 7.82. The Morgan fingerprint density at radius 1 is 1.24 bits per heavy atom. The maximum atomic E-state index is 13.3. The van der Waals surface area contributed by atoms with Gasteiger partial charge in [-0.2, -0.15) is 9.40 Å². The fourth-order valence-electron chi connectivity index (χ4n) is 4.39. The van der Waals surface area contributed by atoms with Gasteiger partial charge in [0.15, 0.2) is 0 Å². The largest absolute Gasteiger partial charge is 0.348 e. The number of nitrogens with one attached hydrogen (secondary N) is 2. The lowest BCUT2D eigenvalue weighted by Gasteiger charge is -2.39. The van der Waals surface area contributed by atoms with Crippen LogP contribution in [0.2, 0.25) is 0 Å². The Balaban J connectivity index is 1.40. The van der Waals surface area contributed by atoms with Gasteiger partial charge in [0.05, 0.1) is 17.8 Å². The number of amides is 1. The minimum atomic E-state index is -3.81. The Hall–Kier alpha value is -2.71. The minimum absolute atomic E-state index is 0.0536. The highest BCUT2D eigenvalue weighted by molar-refractivity contribution is 7.89. The molecule has 8 heteroatoms. The van der Waals surface area contributed by atoms with Crippen LogP contribution < -0.4 is 5.32 Å². The molecule has 1 aliphatic heterocycles. The summed E-state index contributed by atoms with van der Waals surface area (Å²) in [5.74, 6) is -0.227. The van der Waals surface area contributed by atoms with E-state index in [1.807, 2.05) is 31.2 Å². The summed E-state index contributed by atoms with van der Waals surface area (Å²) in [7, 11) is -3.81. The molecule has 0 radical (unpaired) electrons. The Morgan fingerprint density at radius 2 is 2.07 bits per heavy atom. The van der Waals surface area contributed by atoms with Crippen LogP contribution in [-0.2, 0) is 21.2 Å². The van der Waals surface area contributed by atoms with Crippen LogP contribution in [0.5, 0.6) is 0 Å². The molecule has 0 bridgehead atoms. The average Bonchev–Trinajstić information content (AvgIpc) is 3.26. The monoisotopic (exact) mass is 410 g/mol. The highest BCUT2D eigenvalue weighted by Gasteiger charge is 2.44. The fraction of sp³-hybridized carbons (Fsp3) is 0.333. The molecule has 150 valence electrons. The van der Waals surface area contributed by atoms with Crippen molar-refractivity contribution in [2.75, 3.05) is 6.54 Å². The van der Waals surface area contributed by atoms with Gasteiger partial charge in [-0.25, -0.2) is 8.42 Å². The second-order valence-corrected chi connectivity index (χ2v) is 9.68. The van der Waals surface area contributed by atoms with Gasteiger partial charge in [0.25, 0.3) is 0 Å². The zero-order valence-corrected chi connectivity index (χ0v) is 16.9. The first kappa shape index (κ1) is 18.3. The number of aryl methyl sites for hydroxylation is 2. The molecule has 1 aromatic heterocycles. The number of carbonyl (C=O) groups is 1. The van der Waals surface area contributed by atoms with Gasteiger partial charge >= 0.3 is 0 Å². The van der Waals surface area contributed by atoms with E-state index >= 15 is 0 Å². The predicted molar refractivity (Wildman–Crippen MR) is 109 cm³/mol. The van der Waals surface area contributed by atoms with Crippen molar-refractivity contribution in [2.45, 2.75) is 43.2 Å². The molecular formula is C21H22N4O3S. The standard InChI is InChI=1S/C21H22N4O3S/c1-13-10-15-12-22-24-20(15)19(11-13)29(27,28)25-9-8-18(25)21(26)23-17-7-6-14-4-2-3-5-16(14)17/h2-5,10-12,17-18H,6-9H2,1H3,(H,22,24)(H,23,26)/t17?,18-/m0/s1. The van der Waals surface area contributed by atoms with Gasteiger partial charge in [-0.05, 0) is 55.0 Å². The summed E-state index contributed by atoms with van der Waals surface area (Å²) in [6, 6.07) is 10.9. The van der Waals surface area contributed by atoms with Crippen molar-refractivity contribution < 1.29 is 13.2 Å². The molecule has 2 aliphatic rings. The van der Waals surface area contributed by atoms with Crippen LogP contribution in [0.25, 0.3) is 10.9 Å². The summed E-state index contributed by atoms with van der Waals surface area (Å²) in [5, 5.41) is 10.6. The number of fused-ring (bicyclic) bond motifs is 2. The van der Waals surface area contributed by atoms with E-state index in [0.29, 0.717) is 18.5 Å². The number of hydrogen-bond donors (Lipinski definition) is 2. The fourth-order valence-corrected chi connectivity index (χ4v) is 6.28. The van der Waals surface area contributed by atoms with E-state index in [9.17, 15) is 13.2 Å². The lowest BCUT2D eigenvalue weighted by molar-refractivity contribution is -0.128. The number of carbonyl (C=O) groups excluding carboxylic acids is 1. The van der Waals surface area contributed by atoms with Crippen molar-refractivity contribution in [3.8, 4) is 0 Å². The highest BCUT2D eigenvalue weighted by Crippen LogP contribution is 2.34. The van der Waals surface area contributed by atoms with E-state index in [-0.39, 0.29) is 16.8 Å². The quantitative estimate of drug-likeness (QED) is 0.691. The van der Waals surface area contributed by atoms with E-state index in [0.717, 1.165) is 29.4 Å². The number of aromatic nitrogens is 2. The molecule has 1 amide bonds. The number of aromatic amines is 1. The SMILES string of the molecule is Cc1cc(S(=O)(=O)N2CC[C@H]2C(=O)NC2CCc3ccccc32)c2[nH]ncc2c1.